The number of fused-ring (bicyclic) bond motifs is 3. The molecule has 5 rings (SSSR count). The first-order valence-corrected chi connectivity index (χ1v) is 8.84. The Bertz CT molecular complexity index is 1060. The number of nitrogens with one attached hydrogen (secondary N) is 2. The van der Waals surface area contributed by atoms with Gasteiger partial charge in [0.15, 0.2) is 0 Å². The second-order valence-corrected chi connectivity index (χ2v) is 6.77. The maximum Gasteiger partial charge on any atom is 0.278 e. The molecule has 5 heteroatoms. The third kappa shape index (κ3) is 2.25. The lowest BCUT2D eigenvalue weighted by Crippen LogP contribution is -2.60. The standard InChI is InChI=1S/C22H17N3O2/c26-20-16-10-4-6-12-18(16)23-22(24-20)17-11-5-7-13-19(17)25(21(22)27)14-15-8-2-1-3-9-15/h1-13,23H,14H2,(H,24,26)/t22-/m1/s1. The summed E-state index contributed by atoms with van der Waals surface area (Å²) in [5.74, 6) is -0.440. The lowest BCUT2D eigenvalue weighted by atomic mass is 9.96. The minimum absolute atomic E-state index is 0.185. The molecule has 2 N–H and O–H groups in total. The fourth-order valence-electron chi connectivity index (χ4n) is 3.88. The molecule has 3 aromatic carbocycles. The van der Waals surface area contributed by atoms with Crippen molar-refractivity contribution in [1.29, 1.82) is 0 Å². The molecule has 2 aliphatic rings. The van der Waals surface area contributed by atoms with Crippen molar-refractivity contribution in [2.75, 3.05) is 10.2 Å². The van der Waals surface area contributed by atoms with Crippen molar-refractivity contribution >= 4 is 23.2 Å². The molecule has 2 heterocycles. The monoisotopic (exact) mass is 355 g/mol. The van der Waals surface area contributed by atoms with Crippen molar-refractivity contribution in [3.63, 3.8) is 0 Å². The molecule has 0 aliphatic carbocycles. The summed E-state index contributed by atoms with van der Waals surface area (Å²) >= 11 is 0. The molecule has 1 atom stereocenters. The van der Waals surface area contributed by atoms with Gasteiger partial charge in [0.2, 0.25) is 5.66 Å². The van der Waals surface area contributed by atoms with Gasteiger partial charge >= 0.3 is 0 Å². The normalized spacial score (nSPS) is 20.1. The zero-order valence-corrected chi connectivity index (χ0v) is 14.5. The van der Waals surface area contributed by atoms with Crippen molar-refractivity contribution < 1.29 is 9.59 Å². The van der Waals surface area contributed by atoms with Crippen LogP contribution in [0, 0.1) is 0 Å². The fraction of sp³-hybridized carbons (Fsp3) is 0.0909. The third-order valence-corrected chi connectivity index (χ3v) is 5.14. The first-order chi connectivity index (χ1) is 13.2. The van der Waals surface area contributed by atoms with Crippen LogP contribution in [0.25, 0.3) is 0 Å². The number of hydrogen-bond donors (Lipinski definition) is 2. The summed E-state index contributed by atoms with van der Waals surface area (Å²) in [4.78, 5) is 28.0. The van der Waals surface area contributed by atoms with Crippen LogP contribution in [0.1, 0.15) is 21.5 Å². The molecular weight excluding hydrogens is 338 g/mol. The summed E-state index contributed by atoms with van der Waals surface area (Å²) in [5, 5.41) is 6.23. The Kier molecular flexibility index (Phi) is 3.31. The molecule has 0 unspecified atom stereocenters. The Morgan fingerprint density at radius 1 is 0.778 bits per heavy atom. The van der Waals surface area contributed by atoms with Crippen molar-refractivity contribution in [3.05, 3.63) is 95.6 Å². The highest BCUT2D eigenvalue weighted by Crippen LogP contribution is 2.43. The molecule has 132 valence electrons. The van der Waals surface area contributed by atoms with Gasteiger partial charge in [-0.15, -0.1) is 0 Å². The number of carbonyl (C=O) groups excluding carboxylic acids is 2. The molecule has 0 saturated carbocycles. The topological polar surface area (TPSA) is 61.4 Å². The number of amides is 2. The van der Waals surface area contributed by atoms with Gasteiger partial charge in [-0.2, -0.15) is 0 Å². The summed E-state index contributed by atoms with van der Waals surface area (Å²) in [6.07, 6.45) is 0. The van der Waals surface area contributed by atoms with E-state index in [1.54, 1.807) is 11.0 Å². The minimum Gasteiger partial charge on any atom is -0.350 e. The molecule has 5 nitrogen and oxygen atoms in total. The van der Waals surface area contributed by atoms with Crippen LogP contribution in [0.4, 0.5) is 11.4 Å². The van der Waals surface area contributed by atoms with E-state index in [-0.39, 0.29) is 11.8 Å². The Hall–Kier alpha value is -3.60. The van der Waals surface area contributed by atoms with Crippen LogP contribution >= 0.6 is 0 Å². The van der Waals surface area contributed by atoms with Gasteiger partial charge in [-0.3, -0.25) is 9.59 Å². The van der Waals surface area contributed by atoms with E-state index < -0.39 is 5.66 Å². The summed E-state index contributed by atoms with van der Waals surface area (Å²) < 4.78 is 0. The van der Waals surface area contributed by atoms with E-state index in [0.717, 1.165) is 16.8 Å². The zero-order valence-electron chi connectivity index (χ0n) is 14.5. The smallest absolute Gasteiger partial charge is 0.278 e. The van der Waals surface area contributed by atoms with Gasteiger partial charge in [-0.25, -0.2) is 0 Å². The van der Waals surface area contributed by atoms with E-state index in [2.05, 4.69) is 10.6 Å². The summed E-state index contributed by atoms with van der Waals surface area (Å²) in [6, 6.07) is 24.7. The summed E-state index contributed by atoms with van der Waals surface area (Å²) in [6.45, 7) is 0.442. The molecule has 0 radical (unpaired) electrons. The largest absolute Gasteiger partial charge is 0.350 e. The van der Waals surface area contributed by atoms with E-state index >= 15 is 0 Å². The second-order valence-electron chi connectivity index (χ2n) is 6.77. The average molecular weight is 355 g/mol. The van der Waals surface area contributed by atoms with E-state index in [4.69, 9.17) is 0 Å². The Morgan fingerprint density at radius 3 is 2.33 bits per heavy atom. The molecule has 0 aromatic heterocycles. The Labute approximate surface area is 156 Å². The molecule has 0 fully saturated rings. The first-order valence-electron chi connectivity index (χ1n) is 8.84. The van der Waals surface area contributed by atoms with Crippen molar-refractivity contribution in [1.82, 2.24) is 5.32 Å². The predicted molar refractivity (Wildman–Crippen MR) is 103 cm³/mol. The number of rotatable bonds is 2. The van der Waals surface area contributed by atoms with Crippen LogP contribution in [0.2, 0.25) is 0 Å². The second kappa shape index (κ2) is 5.71. The van der Waals surface area contributed by atoms with Crippen LogP contribution in [-0.4, -0.2) is 11.8 Å². The number of carbonyl (C=O) groups is 2. The fourth-order valence-corrected chi connectivity index (χ4v) is 3.88. The zero-order chi connectivity index (χ0) is 18.4. The number of anilines is 2. The highest BCUT2D eigenvalue weighted by molar-refractivity contribution is 6.15. The van der Waals surface area contributed by atoms with Crippen LogP contribution in [-0.2, 0) is 17.0 Å². The quantitative estimate of drug-likeness (QED) is 0.742. The minimum atomic E-state index is -1.28. The lowest BCUT2D eigenvalue weighted by molar-refractivity contribution is -0.123. The van der Waals surface area contributed by atoms with Crippen LogP contribution in [0.3, 0.4) is 0 Å². The maximum absolute atomic E-state index is 13.5. The SMILES string of the molecule is O=C1N[C@@]2(Nc3ccccc31)C(=O)N(Cc1ccccc1)c1ccccc12. The van der Waals surface area contributed by atoms with Crippen LogP contribution in [0.15, 0.2) is 78.9 Å². The van der Waals surface area contributed by atoms with Crippen LogP contribution < -0.4 is 15.5 Å². The Balaban J connectivity index is 1.62. The number of para-hydroxylation sites is 2. The molecule has 27 heavy (non-hydrogen) atoms. The molecule has 3 aromatic rings. The molecule has 0 saturated heterocycles. The predicted octanol–water partition coefficient (Wildman–Crippen LogP) is 3.24. The molecule has 2 amide bonds. The van der Waals surface area contributed by atoms with Gasteiger partial charge in [0.05, 0.1) is 17.8 Å². The maximum atomic E-state index is 13.5. The van der Waals surface area contributed by atoms with E-state index in [9.17, 15) is 9.59 Å². The van der Waals surface area contributed by atoms with Gasteiger partial charge in [-0.1, -0.05) is 60.7 Å². The lowest BCUT2D eigenvalue weighted by Gasteiger charge is -2.36. The van der Waals surface area contributed by atoms with E-state index in [1.807, 2.05) is 72.8 Å². The van der Waals surface area contributed by atoms with Gasteiger partial charge < -0.3 is 15.5 Å². The third-order valence-electron chi connectivity index (χ3n) is 5.14. The van der Waals surface area contributed by atoms with Gasteiger partial charge in [0.25, 0.3) is 11.8 Å². The number of benzene rings is 3. The average Bonchev–Trinajstić information content (AvgIpc) is 2.92. The van der Waals surface area contributed by atoms with Crippen molar-refractivity contribution in [2.45, 2.75) is 12.2 Å². The Morgan fingerprint density at radius 2 is 1.48 bits per heavy atom. The highest BCUT2D eigenvalue weighted by Gasteiger charge is 2.54. The van der Waals surface area contributed by atoms with Gasteiger partial charge in [-0.05, 0) is 23.8 Å². The molecule has 1 spiro atoms. The summed E-state index contributed by atoms with van der Waals surface area (Å²) in [5.41, 5.74) is 2.50. The number of nitrogens with zero attached hydrogens (tertiary/aromatic N) is 1. The van der Waals surface area contributed by atoms with E-state index in [0.29, 0.717) is 17.8 Å². The molecular formula is C22H17N3O2. The summed E-state index contributed by atoms with van der Waals surface area (Å²) in [7, 11) is 0. The van der Waals surface area contributed by atoms with Gasteiger partial charge in [0.1, 0.15) is 0 Å². The number of hydrogen-bond acceptors (Lipinski definition) is 3. The van der Waals surface area contributed by atoms with Crippen molar-refractivity contribution in [3.8, 4) is 0 Å². The van der Waals surface area contributed by atoms with E-state index in [1.165, 1.54) is 0 Å². The molecule has 2 aliphatic heterocycles. The highest BCUT2D eigenvalue weighted by atomic mass is 16.2. The molecule has 0 bridgehead atoms. The van der Waals surface area contributed by atoms with Crippen LogP contribution in [0.5, 0.6) is 0 Å². The van der Waals surface area contributed by atoms with Gasteiger partial charge in [0, 0.05) is 11.3 Å². The van der Waals surface area contributed by atoms with Crippen molar-refractivity contribution in [2.24, 2.45) is 0 Å². The first kappa shape index (κ1) is 15.6.